The molecule has 0 heterocycles. The average molecular weight is 506 g/mol. The molecule has 0 saturated heterocycles. The number of esters is 1. The quantitative estimate of drug-likeness (QED) is 0.175. The van der Waals surface area contributed by atoms with Crippen molar-refractivity contribution in [3.63, 3.8) is 0 Å². The van der Waals surface area contributed by atoms with Gasteiger partial charge in [0.2, 0.25) is 11.8 Å². The number of carbonyl (C=O) groups is 5. The Morgan fingerprint density at radius 1 is 0.917 bits per heavy atom. The van der Waals surface area contributed by atoms with E-state index in [0.717, 1.165) is 25.7 Å². The summed E-state index contributed by atoms with van der Waals surface area (Å²) < 4.78 is 10.2. The number of nitrogens with one attached hydrogen (secondary N) is 3. The number of hydrogen-bond acceptors (Lipinski definition) is 7. The summed E-state index contributed by atoms with van der Waals surface area (Å²) in [5.74, 6) is 5.78. The fourth-order valence-corrected chi connectivity index (χ4v) is 4.62. The molecule has 2 aliphatic carbocycles. The topological polar surface area (TPSA) is 140 Å². The van der Waals surface area contributed by atoms with Gasteiger partial charge in [-0.1, -0.05) is 6.42 Å². The largest absolute Gasteiger partial charge is 0.465 e. The maximum atomic E-state index is 12.5. The van der Waals surface area contributed by atoms with E-state index in [9.17, 15) is 24.0 Å². The molecule has 3 N–H and O–H groups in total. The molecule has 0 aliphatic heterocycles. The lowest BCUT2D eigenvalue weighted by Gasteiger charge is -2.16. The molecule has 0 aromatic heterocycles. The van der Waals surface area contributed by atoms with Crippen LogP contribution in [-0.4, -0.2) is 62.5 Å². The molecule has 0 spiro atoms. The maximum Gasteiger partial charge on any atom is 0.407 e. The number of hydrogen-bond donors (Lipinski definition) is 3. The molecule has 3 amide bonds. The van der Waals surface area contributed by atoms with Crippen molar-refractivity contribution in [2.75, 3.05) is 32.8 Å². The van der Waals surface area contributed by atoms with E-state index in [1.54, 1.807) is 6.92 Å². The number of ketones is 1. The van der Waals surface area contributed by atoms with Gasteiger partial charge in [-0.05, 0) is 50.4 Å². The Hall–Kier alpha value is -3.09. The predicted molar refractivity (Wildman–Crippen MR) is 131 cm³/mol. The Kier molecular flexibility index (Phi) is 12.8. The number of amides is 3. The van der Waals surface area contributed by atoms with Crippen LogP contribution in [0.5, 0.6) is 0 Å². The van der Waals surface area contributed by atoms with Crippen molar-refractivity contribution >= 4 is 29.7 Å². The van der Waals surface area contributed by atoms with Gasteiger partial charge in [0.25, 0.3) is 0 Å². The standard InChI is InChI=1S/C26H39N3O7/c1-3-35-24(32)16-29-25(33)19(14-20(31)15-28-18(2)30)10-8-9-13-27-26(34)36-17-23-21-11-6-4-5-7-12-22(21)23/h19,21-23H,3,6-17H2,1-2H3,(H,27,34)(H,28,30)(H,29,33)/t19-,21?,22?,23?/m1/s1. The third kappa shape index (κ3) is 11.1. The van der Waals surface area contributed by atoms with Crippen LogP contribution in [0.2, 0.25) is 0 Å². The Bertz CT molecular complexity index is 830. The van der Waals surface area contributed by atoms with Crippen LogP contribution in [0.25, 0.3) is 0 Å². The first kappa shape index (κ1) is 29.1. The van der Waals surface area contributed by atoms with E-state index in [0.29, 0.717) is 50.2 Å². The van der Waals surface area contributed by atoms with E-state index in [1.807, 2.05) is 0 Å². The minimum Gasteiger partial charge on any atom is -0.465 e. The van der Waals surface area contributed by atoms with E-state index in [4.69, 9.17) is 9.47 Å². The molecule has 0 bridgehead atoms. The lowest BCUT2D eigenvalue weighted by Crippen LogP contribution is -2.37. The van der Waals surface area contributed by atoms with Gasteiger partial charge in [-0.3, -0.25) is 19.2 Å². The molecular formula is C26H39N3O7. The number of unbranched alkanes of at least 4 members (excludes halogenated alkanes) is 1. The number of fused-ring (bicyclic) bond motifs is 1. The van der Waals surface area contributed by atoms with Gasteiger partial charge in [0, 0.05) is 38.6 Å². The molecule has 0 aromatic rings. The minimum atomic E-state index is -0.650. The Balaban J connectivity index is 1.67. The van der Waals surface area contributed by atoms with Gasteiger partial charge >= 0.3 is 12.1 Å². The molecule has 3 atom stereocenters. The highest BCUT2D eigenvalue weighted by Crippen LogP contribution is 2.52. The smallest absolute Gasteiger partial charge is 0.407 e. The Morgan fingerprint density at radius 2 is 1.61 bits per heavy atom. The van der Waals surface area contributed by atoms with Gasteiger partial charge in [-0.2, -0.15) is 0 Å². The summed E-state index contributed by atoms with van der Waals surface area (Å²) in [6, 6.07) is 0. The molecule has 1 saturated carbocycles. The zero-order valence-corrected chi connectivity index (χ0v) is 21.4. The van der Waals surface area contributed by atoms with Crippen molar-refractivity contribution in [1.82, 2.24) is 16.0 Å². The van der Waals surface area contributed by atoms with Crippen molar-refractivity contribution in [3.05, 3.63) is 0 Å². The normalized spacial score (nSPS) is 20.7. The molecule has 0 radical (unpaired) electrons. The molecule has 36 heavy (non-hydrogen) atoms. The fourth-order valence-electron chi connectivity index (χ4n) is 4.62. The maximum absolute atomic E-state index is 12.5. The zero-order chi connectivity index (χ0) is 26.3. The SMILES string of the molecule is CCOC(=O)CNC(=O)[C@H](CCCCNC(=O)OCC1C2CCC#CCCC21)CC(=O)CNC(C)=O. The second-order valence-electron chi connectivity index (χ2n) is 9.32. The summed E-state index contributed by atoms with van der Waals surface area (Å²) in [5, 5.41) is 7.68. The Morgan fingerprint density at radius 3 is 2.25 bits per heavy atom. The first-order chi connectivity index (χ1) is 17.3. The molecule has 10 heteroatoms. The van der Waals surface area contributed by atoms with E-state index in [1.165, 1.54) is 6.92 Å². The third-order valence-electron chi connectivity index (χ3n) is 6.59. The highest BCUT2D eigenvalue weighted by molar-refractivity contribution is 5.90. The molecule has 1 fully saturated rings. The van der Waals surface area contributed by atoms with Gasteiger partial charge < -0.3 is 25.4 Å². The first-order valence-corrected chi connectivity index (χ1v) is 12.9. The average Bonchev–Trinajstić information content (AvgIpc) is 3.47. The summed E-state index contributed by atoms with van der Waals surface area (Å²) in [4.78, 5) is 59.3. The van der Waals surface area contributed by atoms with Crippen LogP contribution in [0, 0.1) is 35.5 Å². The van der Waals surface area contributed by atoms with Crippen molar-refractivity contribution in [1.29, 1.82) is 0 Å². The van der Waals surface area contributed by atoms with Crippen molar-refractivity contribution < 1.29 is 33.4 Å². The van der Waals surface area contributed by atoms with Crippen molar-refractivity contribution in [2.24, 2.45) is 23.7 Å². The summed E-state index contributed by atoms with van der Waals surface area (Å²) in [5.41, 5.74) is 0. The van der Waals surface area contributed by atoms with Crippen LogP contribution in [0.4, 0.5) is 4.79 Å². The molecule has 0 aromatic carbocycles. The van der Waals surface area contributed by atoms with Gasteiger partial charge in [0.05, 0.1) is 19.8 Å². The van der Waals surface area contributed by atoms with Gasteiger partial charge in [-0.15, -0.1) is 11.8 Å². The monoisotopic (exact) mass is 505 g/mol. The van der Waals surface area contributed by atoms with Crippen LogP contribution in [0.3, 0.4) is 0 Å². The lowest BCUT2D eigenvalue weighted by atomic mass is 9.95. The summed E-state index contributed by atoms with van der Waals surface area (Å²) in [6.07, 6.45) is 5.07. The van der Waals surface area contributed by atoms with Gasteiger partial charge in [-0.25, -0.2) is 4.79 Å². The lowest BCUT2D eigenvalue weighted by molar-refractivity contribution is -0.144. The third-order valence-corrected chi connectivity index (χ3v) is 6.59. The number of Topliss-reactive ketones (excluding diaryl/α,β-unsaturated/α-hetero) is 1. The summed E-state index contributed by atoms with van der Waals surface area (Å²) >= 11 is 0. The molecule has 2 aliphatic rings. The molecule has 10 nitrogen and oxygen atoms in total. The van der Waals surface area contributed by atoms with E-state index in [-0.39, 0.29) is 37.8 Å². The zero-order valence-electron chi connectivity index (χ0n) is 21.4. The van der Waals surface area contributed by atoms with Crippen LogP contribution in [0.15, 0.2) is 0 Å². The number of carbonyl (C=O) groups excluding carboxylic acids is 5. The van der Waals surface area contributed by atoms with E-state index in [2.05, 4.69) is 27.8 Å². The van der Waals surface area contributed by atoms with Gasteiger partial charge in [0.15, 0.2) is 5.78 Å². The molecule has 2 rings (SSSR count). The molecule has 2 unspecified atom stereocenters. The van der Waals surface area contributed by atoms with Crippen LogP contribution in [0.1, 0.15) is 65.2 Å². The summed E-state index contributed by atoms with van der Waals surface area (Å²) in [6.45, 7) is 3.58. The van der Waals surface area contributed by atoms with Crippen molar-refractivity contribution in [3.8, 4) is 11.8 Å². The number of rotatable bonds is 15. The molecule has 200 valence electrons. The van der Waals surface area contributed by atoms with Crippen LogP contribution < -0.4 is 16.0 Å². The number of alkyl carbamates (subject to hydrolysis) is 1. The molecular weight excluding hydrogens is 466 g/mol. The first-order valence-electron chi connectivity index (χ1n) is 12.9. The van der Waals surface area contributed by atoms with E-state index < -0.39 is 23.9 Å². The second-order valence-corrected chi connectivity index (χ2v) is 9.32. The minimum absolute atomic E-state index is 0.0564. The second kappa shape index (κ2) is 15.8. The predicted octanol–water partition coefficient (Wildman–Crippen LogP) is 1.71. The Labute approximate surface area is 213 Å². The number of ether oxygens (including phenoxy) is 2. The van der Waals surface area contributed by atoms with Crippen LogP contribution in [-0.2, 0) is 28.7 Å². The fraction of sp³-hybridized carbons (Fsp3) is 0.731. The van der Waals surface area contributed by atoms with Crippen LogP contribution >= 0.6 is 0 Å². The van der Waals surface area contributed by atoms with Gasteiger partial charge in [0.1, 0.15) is 6.54 Å². The highest BCUT2D eigenvalue weighted by Gasteiger charge is 2.49. The van der Waals surface area contributed by atoms with Crippen molar-refractivity contribution in [2.45, 2.75) is 65.2 Å². The summed E-state index contributed by atoms with van der Waals surface area (Å²) in [7, 11) is 0. The van der Waals surface area contributed by atoms with E-state index >= 15 is 0 Å². The highest BCUT2D eigenvalue weighted by atomic mass is 16.5.